The fourth-order valence-corrected chi connectivity index (χ4v) is 5.24. The lowest BCUT2D eigenvalue weighted by molar-refractivity contribution is 0.102. The number of rotatable bonds is 6. The van der Waals surface area contributed by atoms with E-state index < -0.39 is 11.7 Å². The summed E-state index contributed by atoms with van der Waals surface area (Å²) in [6, 6.07) is 17.2. The topological polar surface area (TPSA) is 102 Å². The van der Waals surface area contributed by atoms with Gasteiger partial charge in [0.25, 0.3) is 5.91 Å². The average molecular weight is 511 g/mol. The van der Waals surface area contributed by atoms with Gasteiger partial charge in [-0.2, -0.15) is 0 Å². The van der Waals surface area contributed by atoms with Crippen molar-refractivity contribution >= 4 is 17.3 Å². The number of nitrogens with zero attached hydrogens (tertiary/aromatic N) is 4. The van der Waals surface area contributed by atoms with Gasteiger partial charge in [0.1, 0.15) is 17.3 Å². The van der Waals surface area contributed by atoms with Crippen molar-refractivity contribution in [2.45, 2.75) is 32.0 Å². The molecule has 0 bridgehead atoms. The highest BCUT2D eigenvalue weighted by Crippen LogP contribution is 2.40. The van der Waals surface area contributed by atoms with Crippen molar-refractivity contribution in [2.75, 3.05) is 23.9 Å². The molecule has 3 atom stereocenters. The SMILES string of the molecule is COc1cccc(F)c1-c1nccc(C(=O)Nc2ccc(-c3cccnc3C)cc2N2C[C@H]3NC3[C@@H]2C)n1. The van der Waals surface area contributed by atoms with Gasteiger partial charge in [-0.3, -0.25) is 9.78 Å². The van der Waals surface area contributed by atoms with Gasteiger partial charge >= 0.3 is 0 Å². The Kier molecular flexibility index (Phi) is 6.00. The van der Waals surface area contributed by atoms with E-state index in [9.17, 15) is 9.18 Å². The van der Waals surface area contributed by atoms with Gasteiger partial charge in [-0.25, -0.2) is 14.4 Å². The minimum absolute atomic E-state index is 0.0783. The summed E-state index contributed by atoms with van der Waals surface area (Å²) in [4.78, 5) is 28.7. The number of amides is 1. The Bertz CT molecular complexity index is 1540. The average Bonchev–Trinajstić information content (AvgIpc) is 3.64. The van der Waals surface area contributed by atoms with E-state index in [2.05, 4.69) is 43.5 Å². The van der Waals surface area contributed by atoms with Gasteiger partial charge in [0.2, 0.25) is 0 Å². The van der Waals surface area contributed by atoms with Crippen LogP contribution in [0, 0.1) is 12.7 Å². The summed E-state index contributed by atoms with van der Waals surface area (Å²) in [7, 11) is 1.45. The number of carbonyl (C=O) groups excluding carboxylic acids is 1. The van der Waals surface area contributed by atoms with Crippen LogP contribution in [0.5, 0.6) is 5.75 Å². The van der Waals surface area contributed by atoms with Gasteiger partial charge in [0.05, 0.1) is 24.0 Å². The molecule has 192 valence electrons. The molecule has 6 rings (SSSR count). The first kappa shape index (κ1) is 24.0. The third-order valence-corrected chi connectivity index (χ3v) is 7.32. The minimum Gasteiger partial charge on any atom is -0.496 e. The maximum atomic E-state index is 14.6. The summed E-state index contributed by atoms with van der Waals surface area (Å²) in [5.74, 6) is -0.567. The number of hydrogen-bond donors (Lipinski definition) is 2. The first-order valence-corrected chi connectivity index (χ1v) is 12.5. The van der Waals surface area contributed by atoms with Crippen molar-refractivity contribution in [3.05, 3.63) is 84.2 Å². The molecule has 1 amide bonds. The van der Waals surface area contributed by atoms with E-state index in [1.807, 2.05) is 31.2 Å². The Morgan fingerprint density at radius 3 is 2.76 bits per heavy atom. The molecule has 8 nitrogen and oxygen atoms in total. The van der Waals surface area contributed by atoms with Crippen molar-refractivity contribution in [1.29, 1.82) is 0 Å². The molecule has 2 aromatic heterocycles. The van der Waals surface area contributed by atoms with Crippen LogP contribution >= 0.6 is 0 Å². The van der Waals surface area contributed by atoms with E-state index in [1.54, 1.807) is 18.3 Å². The first-order chi connectivity index (χ1) is 18.4. The lowest BCUT2D eigenvalue weighted by atomic mass is 10.0. The number of methoxy groups -OCH3 is 1. The van der Waals surface area contributed by atoms with Crippen LogP contribution in [-0.4, -0.2) is 52.6 Å². The number of nitrogens with one attached hydrogen (secondary N) is 2. The summed E-state index contributed by atoms with van der Waals surface area (Å²) in [6.45, 7) is 5.03. The standard InChI is InChI=1S/C29H27FN6O2/c1-16-19(6-5-12-31-16)18-9-10-21(24(14-18)36-15-23-27(33-23)17(36)2)35-29(37)22-11-13-32-28(34-22)26-20(30)7-4-8-25(26)38-3/h4-14,17,23,27,33H,15H2,1-3H3,(H,35,37)/t17-,23+,27?/m0/s1. The van der Waals surface area contributed by atoms with Crippen LogP contribution in [0.3, 0.4) is 0 Å². The maximum absolute atomic E-state index is 14.6. The molecule has 0 spiro atoms. The summed E-state index contributed by atoms with van der Waals surface area (Å²) in [5, 5.41) is 6.54. The fourth-order valence-electron chi connectivity index (χ4n) is 5.24. The number of piperazine rings is 1. The predicted octanol–water partition coefficient (Wildman–Crippen LogP) is 4.46. The van der Waals surface area contributed by atoms with Crippen molar-refractivity contribution in [3.8, 4) is 28.3 Å². The molecule has 2 aliphatic rings. The number of ether oxygens (including phenoxy) is 1. The summed E-state index contributed by atoms with van der Waals surface area (Å²) >= 11 is 0. The van der Waals surface area contributed by atoms with Crippen molar-refractivity contribution in [3.63, 3.8) is 0 Å². The van der Waals surface area contributed by atoms with Crippen LogP contribution in [0.25, 0.3) is 22.5 Å². The van der Waals surface area contributed by atoms with Crippen LogP contribution in [0.4, 0.5) is 15.8 Å². The molecule has 1 unspecified atom stereocenters. The highest BCUT2D eigenvalue weighted by atomic mass is 19.1. The summed E-state index contributed by atoms with van der Waals surface area (Å²) in [5.41, 5.74) is 4.85. The van der Waals surface area contributed by atoms with E-state index in [0.29, 0.717) is 23.5 Å². The van der Waals surface area contributed by atoms with Crippen LogP contribution < -0.4 is 20.3 Å². The Morgan fingerprint density at radius 1 is 1.13 bits per heavy atom. The number of aromatic nitrogens is 3. The number of carbonyl (C=O) groups is 1. The molecular weight excluding hydrogens is 483 g/mol. The number of aryl methyl sites for hydroxylation is 1. The lowest BCUT2D eigenvalue weighted by Gasteiger charge is -2.29. The van der Waals surface area contributed by atoms with Crippen LogP contribution in [0.15, 0.2) is 67.0 Å². The molecule has 4 aromatic rings. The Balaban J connectivity index is 1.35. The molecule has 9 heteroatoms. The number of anilines is 2. The van der Waals surface area contributed by atoms with Gasteiger partial charge in [0.15, 0.2) is 5.82 Å². The first-order valence-electron chi connectivity index (χ1n) is 12.5. The minimum atomic E-state index is -0.527. The van der Waals surface area contributed by atoms with Gasteiger partial charge in [-0.15, -0.1) is 0 Å². The monoisotopic (exact) mass is 510 g/mol. The van der Waals surface area contributed by atoms with Gasteiger partial charge in [-0.05, 0) is 55.8 Å². The molecule has 2 fully saturated rings. The maximum Gasteiger partial charge on any atom is 0.274 e. The molecular formula is C29H27FN6O2. The second kappa shape index (κ2) is 9.50. The van der Waals surface area contributed by atoms with E-state index >= 15 is 0 Å². The Hall–Kier alpha value is -4.37. The Morgan fingerprint density at radius 2 is 2.00 bits per heavy atom. The molecule has 2 N–H and O–H groups in total. The zero-order valence-electron chi connectivity index (χ0n) is 21.3. The van der Waals surface area contributed by atoms with Crippen LogP contribution in [0.2, 0.25) is 0 Å². The van der Waals surface area contributed by atoms with Gasteiger partial charge in [-0.1, -0.05) is 18.2 Å². The second-order valence-electron chi connectivity index (χ2n) is 9.60. The van der Waals surface area contributed by atoms with Gasteiger partial charge < -0.3 is 20.3 Å². The molecule has 2 saturated heterocycles. The predicted molar refractivity (Wildman–Crippen MR) is 144 cm³/mol. The molecule has 0 radical (unpaired) electrons. The van der Waals surface area contributed by atoms with E-state index in [1.165, 1.54) is 25.4 Å². The molecule has 0 saturated carbocycles. The number of benzene rings is 2. The smallest absolute Gasteiger partial charge is 0.274 e. The Labute approximate surface area is 219 Å². The lowest BCUT2D eigenvalue weighted by Crippen LogP contribution is -2.36. The highest BCUT2D eigenvalue weighted by Gasteiger charge is 2.50. The third kappa shape index (κ3) is 4.24. The van der Waals surface area contributed by atoms with Crippen LogP contribution in [-0.2, 0) is 0 Å². The number of fused-ring (bicyclic) bond motifs is 1. The number of hydrogen-bond acceptors (Lipinski definition) is 7. The number of pyridine rings is 1. The van der Waals surface area contributed by atoms with Crippen molar-refractivity contribution in [1.82, 2.24) is 20.3 Å². The summed E-state index contributed by atoms with van der Waals surface area (Å²) in [6.07, 6.45) is 3.23. The fraction of sp³-hybridized carbons (Fsp3) is 0.241. The zero-order valence-corrected chi connectivity index (χ0v) is 21.3. The highest BCUT2D eigenvalue weighted by molar-refractivity contribution is 6.05. The van der Waals surface area contributed by atoms with E-state index in [4.69, 9.17) is 4.74 Å². The second-order valence-corrected chi connectivity index (χ2v) is 9.60. The third-order valence-electron chi connectivity index (χ3n) is 7.32. The molecule has 0 aliphatic carbocycles. The zero-order chi connectivity index (χ0) is 26.4. The quantitative estimate of drug-likeness (QED) is 0.369. The number of halogens is 1. The molecule has 2 aromatic carbocycles. The summed E-state index contributed by atoms with van der Waals surface area (Å²) < 4.78 is 19.9. The molecule has 2 aliphatic heterocycles. The van der Waals surface area contributed by atoms with E-state index in [0.717, 1.165) is 29.1 Å². The molecule has 4 heterocycles. The molecule has 38 heavy (non-hydrogen) atoms. The van der Waals surface area contributed by atoms with Crippen molar-refractivity contribution in [2.24, 2.45) is 0 Å². The largest absolute Gasteiger partial charge is 0.496 e. The van der Waals surface area contributed by atoms with Gasteiger partial charge in [0, 0.05) is 48.3 Å². The van der Waals surface area contributed by atoms with Crippen LogP contribution in [0.1, 0.15) is 23.1 Å². The van der Waals surface area contributed by atoms with E-state index in [-0.39, 0.29) is 23.1 Å². The normalized spacial score (nSPS) is 19.7. The van der Waals surface area contributed by atoms with Crippen molar-refractivity contribution < 1.29 is 13.9 Å².